The van der Waals surface area contributed by atoms with Gasteiger partial charge in [-0.25, -0.2) is 4.39 Å². The van der Waals surface area contributed by atoms with Crippen molar-refractivity contribution in [3.8, 4) is 0 Å². The van der Waals surface area contributed by atoms with Crippen LogP contribution in [-0.2, 0) is 29.4 Å². The molecule has 0 saturated carbocycles. The number of aromatic nitrogens is 1. The van der Waals surface area contributed by atoms with Gasteiger partial charge in [0, 0.05) is 23.0 Å². The number of rotatable bonds is 3. The number of nitrogens with one attached hydrogen (secondary N) is 1. The van der Waals surface area contributed by atoms with Gasteiger partial charge < -0.3 is 4.98 Å². The number of hydrogen-bond acceptors (Lipinski definition) is 2. The SMILES string of the molecule is O=S(=O)(O)C1Cc2ccc3c4c(ccc3c2=CC1Cc1c[nH]c2ccc(F)cc12)CC=CC=4. The molecule has 6 rings (SSSR count). The molecule has 2 N–H and O–H groups in total. The molecule has 33 heavy (non-hydrogen) atoms. The van der Waals surface area contributed by atoms with E-state index in [1.807, 2.05) is 12.1 Å². The van der Waals surface area contributed by atoms with E-state index in [9.17, 15) is 17.4 Å². The first-order valence-electron chi connectivity index (χ1n) is 11.0. The molecule has 2 aliphatic rings. The normalized spacial score (nSPS) is 19.7. The number of allylic oxidation sites excluding steroid dienone is 2. The monoisotopic (exact) mass is 459 g/mol. The predicted octanol–water partition coefficient (Wildman–Crippen LogP) is 3.80. The molecule has 4 nitrogen and oxygen atoms in total. The third kappa shape index (κ3) is 3.41. The van der Waals surface area contributed by atoms with E-state index in [4.69, 9.17) is 0 Å². The predicted molar refractivity (Wildman–Crippen MR) is 129 cm³/mol. The zero-order valence-electron chi connectivity index (χ0n) is 17.8. The summed E-state index contributed by atoms with van der Waals surface area (Å²) < 4.78 is 48.7. The Hall–Kier alpha value is -3.22. The smallest absolute Gasteiger partial charge is 0.268 e. The second kappa shape index (κ2) is 7.40. The maximum Gasteiger partial charge on any atom is 0.268 e. The van der Waals surface area contributed by atoms with E-state index in [1.165, 1.54) is 22.9 Å². The van der Waals surface area contributed by atoms with Crippen LogP contribution < -0.4 is 10.4 Å². The molecule has 0 amide bonds. The Bertz CT molecular complexity index is 1700. The maximum atomic E-state index is 13.9. The largest absolute Gasteiger partial charge is 0.361 e. The zero-order chi connectivity index (χ0) is 22.7. The second-order valence-electron chi connectivity index (χ2n) is 8.97. The standard InChI is InChI=1S/C27H22FNO3S/c28-20-7-10-26-25(14-20)19(15-29-26)11-18-12-24-17(13-27(18)33(30,31)32)6-9-22-21-4-2-1-3-16(21)5-8-23(22)24/h1-2,4-10,12,14-15,18,27,29H,3,11,13H2,(H,30,31,32). The van der Waals surface area contributed by atoms with Gasteiger partial charge in [0.2, 0.25) is 0 Å². The van der Waals surface area contributed by atoms with Crippen LogP contribution in [0, 0.1) is 11.7 Å². The third-order valence-electron chi connectivity index (χ3n) is 7.05. The summed E-state index contributed by atoms with van der Waals surface area (Å²) in [6.07, 6.45) is 11.6. The summed E-state index contributed by atoms with van der Waals surface area (Å²) in [6.45, 7) is 0. The summed E-state index contributed by atoms with van der Waals surface area (Å²) in [7, 11) is -4.28. The Labute approximate surface area is 190 Å². The van der Waals surface area contributed by atoms with Crippen LogP contribution in [0.5, 0.6) is 0 Å². The summed E-state index contributed by atoms with van der Waals surface area (Å²) in [5.74, 6) is -0.783. The first-order valence-corrected chi connectivity index (χ1v) is 12.5. The van der Waals surface area contributed by atoms with E-state index in [1.54, 1.807) is 12.3 Å². The quantitative estimate of drug-likeness (QED) is 0.458. The molecule has 166 valence electrons. The van der Waals surface area contributed by atoms with Crippen LogP contribution in [-0.4, -0.2) is 23.2 Å². The fourth-order valence-electron chi connectivity index (χ4n) is 5.43. The molecular weight excluding hydrogens is 437 g/mol. The van der Waals surface area contributed by atoms with E-state index in [0.717, 1.165) is 44.4 Å². The van der Waals surface area contributed by atoms with Crippen molar-refractivity contribution < 1.29 is 17.4 Å². The first kappa shape index (κ1) is 20.4. The molecule has 2 unspecified atom stereocenters. The van der Waals surface area contributed by atoms with Gasteiger partial charge in [-0.2, -0.15) is 8.42 Å². The number of halogens is 1. The van der Waals surface area contributed by atoms with Crippen LogP contribution in [0.1, 0.15) is 16.7 Å². The van der Waals surface area contributed by atoms with Crippen molar-refractivity contribution in [2.75, 3.05) is 0 Å². The molecule has 2 aliphatic carbocycles. The third-order valence-corrected chi connectivity index (χ3v) is 8.33. The molecule has 0 aliphatic heterocycles. The molecule has 0 radical (unpaired) electrons. The van der Waals surface area contributed by atoms with Crippen molar-refractivity contribution in [1.82, 2.24) is 4.98 Å². The Kier molecular flexibility index (Phi) is 4.57. The van der Waals surface area contributed by atoms with Crippen molar-refractivity contribution in [2.45, 2.75) is 24.5 Å². The first-order chi connectivity index (χ1) is 15.9. The Balaban J connectivity index is 1.55. The van der Waals surface area contributed by atoms with Gasteiger partial charge in [0.15, 0.2) is 0 Å². The van der Waals surface area contributed by atoms with Gasteiger partial charge in [-0.1, -0.05) is 48.6 Å². The molecule has 0 saturated heterocycles. The highest BCUT2D eigenvalue weighted by atomic mass is 32.2. The highest BCUT2D eigenvalue weighted by Gasteiger charge is 2.34. The lowest BCUT2D eigenvalue weighted by molar-refractivity contribution is 0.444. The van der Waals surface area contributed by atoms with Crippen LogP contribution in [0.2, 0.25) is 0 Å². The van der Waals surface area contributed by atoms with Crippen molar-refractivity contribution >= 4 is 43.9 Å². The van der Waals surface area contributed by atoms with E-state index in [-0.39, 0.29) is 12.2 Å². The molecule has 2 atom stereocenters. The molecule has 0 spiro atoms. The minimum atomic E-state index is -4.28. The fourth-order valence-corrected chi connectivity index (χ4v) is 6.44. The van der Waals surface area contributed by atoms with Crippen molar-refractivity contribution in [3.05, 3.63) is 93.8 Å². The van der Waals surface area contributed by atoms with Crippen LogP contribution in [0.4, 0.5) is 4.39 Å². The highest BCUT2D eigenvalue weighted by Crippen LogP contribution is 2.30. The summed E-state index contributed by atoms with van der Waals surface area (Å²) in [4.78, 5) is 3.14. The minimum absolute atomic E-state index is 0.239. The summed E-state index contributed by atoms with van der Waals surface area (Å²) >= 11 is 0. The van der Waals surface area contributed by atoms with Gasteiger partial charge in [-0.15, -0.1) is 0 Å². The number of H-pyrrole nitrogens is 1. The van der Waals surface area contributed by atoms with Gasteiger partial charge >= 0.3 is 0 Å². The average Bonchev–Trinajstić information content (AvgIpc) is 3.19. The van der Waals surface area contributed by atoms with E-state index >= 15 is 0 Å². The molecule has 3 aromatic carbocycles. The number of benzene rings is 3. The summed E-state index contributed by atoms with van der Waals surface area (Å²) in [5.41, 5.74) is 3.82. The number of aromatic amines is 1. The molecule has 1 heterocycles. The van der Waals surface area contributed by atoms with Gasteiger partial charge in [-0.3, -0.25) is 4.55 Å². The number of hydrogen-bond donors (Lipinski definition) is 2. The summed E-state index contributed by atoms with van der Waals surface area (Å²) in [6, 6.07) is 12.8. The Morgan fingerprint density at radius 1 is 1.00 bits per heavy atom. The topological polar surface area (TPSA) is 70.2 Å². The molecule has 0 bridgehead atoms. The van der Waals surface area contributed by atoms with Gasteiger partial charge in [0.1, 0.15) is 5.82 Å². The van der Waals surface area contributed by atoms with Gasteiger partial charge in [0.25, 0.3) is 10.1 Å². The van der Waals surface area contributed by atoms with Gasteiger partial charge in [0.05, 0.1) is 5.25 Å². The maximum absolute atomic E-state index is 13.9. The highest BCUT2D eigenvalue weighted by molar-refractivity contribution is 7.86. The lowest BCUT2D eigenvalue weighted by Gasteiger charge is -2.27. The molecule has 6 heteroatoms. The zero-order valence-corrected chi connectivity index (χ0v) is 18.6. The lowest BCUT2D eigenvalue weighted by atomic mass is 9.84. The molecule has 4 aromatic rings. The molecule has 1 aromatic heterocycles. The van der Waals surface area contributed by atoms with Crippen LogP contribution in [0.3, 0.4) is 0 Å². The molecular formula is C27H22FNO3S. The van der Waals surface area contributed by atoms with Crippen LogP contribution >= 0.6 is 0 Å². The minimum Gasteiger partial charge on any atom is -0.361 e. The van der Waals surface area contributed by atoms with E-state index in [2.05, 4.69) is 41.4 Å². The van der Waals surface area contributed by atoms with Crippen molar-refractivity contribution in [3.63, 3.8) is 0 Å². The summed E-state index contributed by atoms with van der Waals surface area (Å²) in [5, 5.41) is 4.23. The van der Waals surface area contributed by atoms with Crippen LogP contribution in [0.15, 0.2) is 60.8 Å². The second-order valence-corrected chi connectivity index (χ2v) is 10.6. The number of fused-ring (bicyclic) bond motifs is 6. The van der Waals surface area contributed by atoms with E-state index in [0.29, 0.717) is 6.42 Å². The van der Waals surface area contributed by atoms with Crippen molar-refractivity contribution in [2.24, 2.45) is 5.92 Å². The lowest BCUT2D eigenvalue weighted by Crippen LogP contribution is -2.38. The molecule has 0 fully saturated rings. The van der Waals surface area contributed by atoms with Gasteiger partial charge in [-0.05, 0) is 75.4 Å². The van der Waals surface area contributed by atoms with Crippen LogP contribution in [0.25, 0.3) is 33.8 Å². The Morgan fingerprint density at radius 2 is 1.79 bits per heavy atom. The van der Waals surface area contributed by atoms with E-state index < -0.39 is 21.3 Å². The average molecular weight is 460 g/mol. The fraction of sp³-hybridized carbons (Fsp3) is 0.185. The Morgan fingerprint density at radius 3 is 2.61 bits per heavy atom. The van der Waals surface area contributed by atoms with Crippen molar-refractivity contribution in [1.29, 1.82) is 0 Å².